The van der Waals surface area contributed by atoms with Crippen molar-refractivity contribution in [1.29, 1.82) is 0 Å². The highest BCUT2D eigenvalue weighted by Gasteiger charge is 2.22. The smallest absolute Gasteiger partial charge is 0.208 e. The van der Waals surface area contributed by atoms with Crippen LogP contribution in [0.15, 0.2) is 24.3 Å². The zero-order valence-electron chi connectivity index (χ0n) is 16.4. The molecule has 2 heterocycles. The van der Waals surface area contributed by atoms with Crippen molar-refractivity contribution in [2.24, 2.45) is 0 Å². The first-order valence-corrected chi connectivity index (χ1v) is 11.1. The van der Waals surface area contributed by atoms with Crippen LogP contribution in [0.25, 0.3) is 21.9 Å². The Hall–Kier alpha value is -2.23. The number of para-hydroxylation sites is 1. The van der Waals surface area contributed by atoms with Crippen LogP contribution in [0.4, 0.5) is 5.82 Å². The minimum absolute atomic E-state index is 0.364. The number of nitrogen functional groups attached to an aromatic ring is 1. The Morgan fingerprint density at radius 1 is 1.21 bits per heavy atom. The van der Waals surface area contributed by atoms with E-state index < -0.39 is 15.6 Å². The molecular formula is C19H27N5O3S. The van der Waals surface area contributed by atoms with Crippen molar-refractivity contribution in [2.45, 2.75) is 45.3 Å². The number of hydrogen-bond donors (Lipinski definition) is 3. The van der Waals surface area contributed by atoms with E-state index in [9.17, 15) is 13.5 Å². The fraction of sp³-hybridized carbons (Fsp3) is 0.474. The Balaban J connectivity index is 1.98. The number of anilines is 1. The number of benzene rings is 1. The van der Waals surface area contributed by atoms with Crippen molar-refractivity contribution in [3.8, 4) is 0 Å². The Morgan fingerprint density at radius 3 is 2.61 bits per heavy atom. The first-order valence-electron chi connectivity index (χ1n) is 9.25. The van der Waals surface area contributed by atoms with Gasteiger partial charge >= 0.3 is 0 Å². The zero-order valence-corrected chi connectivity index (χ0v) is 17.3. The van der Waals surface area contributed by atoms with Crippen LogP contribution in [-0.4, -0.2) is 46.5 Å². The topological polar surface area (TPSA) is 123 Å². The van der Waals surface area contributed by atoms with Gasteiger partial charge in [-0.05, 0) is 32.8 Å². The molecular weight excluding hydrogens is 378 g/mol. The Kier molecular flexibility index (Phi) is 5.60. The van der Waals surface area contributed by atoms with Gasteiger partial charge in [-0.25, -0.2) is 23.1 Å². The van der Waals surface area contributed by atoms with Crippen LogP contribution in [0.3, 0.4) is 0 Å². The van der Waals surface area contributed by atoms with Crippen LogP contribution < -0.4 is 10.5 Å². The maximum atomic E-state index is 11.2. The molecule has 0 atom stereocenters. The van der Waals surface area contributed by atoms with Crippen LogP contribution in [0.5, 0.6) is 0 Å². The molecule has 0 spiro atoms. The van der Waals surface area contributed by atoms with E-state index in [2.05, 4.69) is 9.71 Å². The number of unbranched alkanes of at least 4 members (excludes halogenated alkanes) is 1. The molecule has 0 fully saturated rings. The van der Waals surface area contributed by atoms with Gasteiger partial charge in [0, 0.05) is 18.4 Å². The highest BCUT2D eigenvalue weighted by atomic mass is 32.2. The SMILES string of the molecule is CC(C)(O)Cn1c(CCCCNS(C)(=O)=O)nc2c(N)nc3ccccc3c21. The van der Waals surface area contributed by atoms with E-state index in [0.29, 0.717) is 37.3 Å². The van der Waals surface area contributed by atoms with Crippen molar-refractivity contribution in [3.05, 3.63) is 30.1 Å². The van der Waals surface area contributed by atoms with E-state index >= 15 is 0 Å². The monoisotopic (exact) mass is 405 g/mol. The molecule has 9 heteroatoms. The highest BCUT2D eigenvalue weighted by Crippen LogP contribution is 2.30. The summed E-state index contributed by atoms with van der Waals surface area (Å²) in [5, 5.41) is 11.4. The van der Waals surface area contributed by atoms with Crippen LogP contribution in [0.1, 0.15) is 32.5 Å². The Morgan fingerprint density at radius 2 is 1.93 bits per heavy atom. The molecule has 0 saturated carbocycles. The summed E-state index contributed by atoms with van der Waals surface area (Å²) in [6.07, 6.45) is 3.23. The number of aliphatic hydroxyl groups is 1. The number of aromatic nitrogens is 3. The molecule has 0 bridgehead atoms. The number of sulfonamides is 1. The third kappa shape index (κ3) is 4.78. The van der Waals surface area contributed by atoms with Gasteiger partial charge < -0.3 is 15.4 Å². The van der Waals surface area contributed by atoms with Gasteiger partial charge in [-0.1, -0.05) is 18.2 Å². The van der Waals surface area contributed by atoms with E-state index in [-0.39, 0.29) is 0 Å². The van der Waals surface area contributed by atoms with Crippen LogP contribution in [0, 0.1) is 0 Å². The average molecular weight is 406 g/mol. The number of nitrogens with zero attached hydrogens (tertiary/aromatic N) is 3. The normalized spacial score (nSPS) is 12.9. The lowest BCUT2D eigenvalue weighted by Gasteiger charge is -2.20. The van der Waals surface area contributed by atoms with Gasteiger partial charge in [0.1, 0.15) is 11.3 Å². The molecule has 3 rings (SSSR count). The summed E-state index contributed by atoms with van der Waals surface area (Å²) < 4.78 is 26.9. The van der Waals surface area contributed by atoms with E-state index in [1.807, 2.05) is 28.8 Å². The molecule has 152 valence electrons. The van der Waals surface area contributed by atoms with Gasteiger partial charge in [-0.15, -0.1) is 0 Å². The third-order valence-electron chi connectivity index (χ3n) is 4.43. The second-order valence-corrected chi connectivity index (χ2v) is 9.59. The summed E-state index contributed by atoms with van der Waals surface area (Å²) in [5.74, 6) is 1.17. The van der Waals surface area contributed by atoms with Crippen molar-refractivity contribution in [2.75, 3.05) is 18.5 Å². The van der Waals surface area contributed by atoms with Gasteiger partial charge in [0.2, 0.25) is 10.0 Å². The molecule has 8 nitrogen and oxygen atoms in total. The average Bonchev–Trinajstić information content (AvgIpc) is 2.91. The quantitative estimate of drug-likeness (QED) is 0.491. The van der Waals surface area contributed by atoms with Crippen molar-refractivity contribution in [1.82, 2.24) is 19.3 Å². The highest BCUT2D eigenvalue weighted by molar-refractivity contribution is 7.88. The molecule has 0 aliphatic rings. The number of rotatable bonds is 8. The Labute approximate surface area is 164 Å². The van der Waals surface area contributed by atoms with Crippen LogP contribution in [-0.2, 0) is 23.0 Å². The van der Waals surface area contributed by atoms with Gasteiger partial charge in [-0.2, -0.15) is 0 Å². The lowest BCUT2D eigenvalue weighted by atomic mass is 10.1. The molecule has 0 aliphatic heterocycles. The van der Waals surface area contributed by atoms with Crippen molar-refractivity contribution < 1.29 is 13.5 Å². The number of nitrogens with two attached hydrogens (primary N) is 1. The van der Waals surface area contributed by atoms with E-state index in [4.69, 9.17) is 10.7 Å². The summed E-state index contributed by atoms with van der Waals surface area (Å²) in [4.78, 5) is 9.17. The lowest BCUT2D eigenvalue weighted by molar-refractivity contribution is 0.0618. The second kappa shape index (κ2) is 7.65. The maximum Gasteiger partial charge on any atom is 0.208 e. The number of hydrogen-bond acceptors (Lipinski definition) is 6. The molecule has 28 heavy (non-hydrogen) atoms. The second-order valence-electron chi connectivity index (χ2n) is 7.76. The third-order valence-corrected chi connectivity index (χ3v) is 5.15. The van der Waals surface area contributed by atoms with Crippen LogP contribution in [0.2, 0.25) is 0 Å². The van der Waals surface area contributed by atoms with Gasteiger partial charge in [-0.3, -0.25) is 0 Å². The summed E-state index contributed by atoms with van der Waals surface area (Å²) in [5.41, 5.74) is 7.52. The molecule has 4 N–H and O–H groups in total. The summed E-state index contributed by atoms with van der Waals surface area (Å²) in [7, 11) is -3.18. The number of imidazole rings is 1. The fourth-order valence-electron chi connectivity index (χ4n) is 3.32. The first kappa shape index (κ1) is 20.5. The molecule has 0 amide bonds. The number of fused-ring (bicyclic) bond motifs is 3. The number of aryl methyl sites for hydroxylation is 1. The van der Waals surface area contributed by atoms with Crippen LogP contribution >= 0.6 is 0 Å². The molecule has 0 unspecified atom stereocenters. The van der Waals surface area contributed by atoms with Crippen molar-refractivity contribution in [3.63, 3.8) is 0 Å². The minimum atomic E-state index is -3.18. The number of nitrogens with one attached hydrogen (secondary N) is 1. The van der Waals surface area contributed by atoms with Gasteiger partial charge in [0.25, 0.3) is 0 Å². The molecule has 2 aromatic heterocycles. The molecule has 0 aliphatic carbocycles. The predicted molar refractivity (Wildman–Crippen MR) is 112 cm³/mol. The summed E-state index contributed by atoms with van der Waals surface area (Å²) >= 11 is 0. The predicted octanol–water partition coefficient (Wildman–Crippen LogP) is 1.81. The van der Waals surface area contributed by atoms with Crippen molar-refractivity contribution >= 4 is 37.8 Å². The van der Waals surface area contributed by atoms with Gasteiger partial charge in [0.05, 0.1) is 29.4 Å². The largest absolute Gasteiger partial charge is 0.389 e. The van der Waals surface area contributed by atoms with Gasteiger partial charge in [0.15, 0.2) is 5.82 Å². The molecule has 3 aromatic rings. The van der Waals surface area contributed by atoms with E-state index in [1.54, 1.807) is 13.8 Å². The molecule has 1 aromatic carbocycles. The first-order chi connectivity index (χ1) is 13.1. The standard InChI is InChI=1S/C19H27N5O3S/c1-19(2,25)12-24-15(10-6-7-11-21-28(3,26)27)23-16-17(24)13-8-4-5-9-14(13)22-18(16)20/h4-5,8-9,21,25H,6-7,10-12H2,1-3H3,(H2,20,22). The fourth-order valence-corrected chi connectivity index (χ4v) is 3.83. The lowest BCUT2D eigenvalue weighted by Crippen LogP contribution is -2.27. The Bertz CT molecular complexity index is 1100. The minimum Gasteiger partial charge on any atom is -0.389 e. The van der Waals surface area contributed by atoms with E-state index in [1.165, 1.54) is 0 Å². The molecule has 0 saturated heterocycles. The maximum absolute atomic E-state index is 11.2. The van der Waals surface area contributed by atoms with E-state index in [0.717, 1.165) is 34.9 Å². The molecule has 0 radical (unpaired) electrons. The zero-order chi connectivity index (χ0) is 20.5. The number of pyridine rings is 1. The summed E-state index contributed by atoms with van der Waals surface area (Å²) in [6.45, 7) is 4.27. The summed E-state index contributed by atoms with van der Waals surface area (Å²) in [6, 6.07) is 7.74.